The molecule has 3 rings (SSSR count). The predicted octanol–water partition coefficient (Wildman–Crippen LogP) is 4.64. The number of nitrogens with zero attached hydrogens (tertiary/aromatic N) is 1. The van der Waals surface area contributed by atoms with E-state index in [1.54, 1.807) is 50.4 Å². The molecule has 3 aromatic rings. The van der Waals surface area contributed by atoms with Crippen LogP contribution in [0.5, 0.6) is 11.5 Å². The molecule has 35 heavy (non-hydrogen) atoms. The fourth-order valence-electron chi connectivity index (χ4n) is 3.42. The SMILES string of the molecule is COc1ccc(CCNC(=O)[C@H](C)N(Cc2ccc(F)cc2)C(=O)COc2ccccc2Cl)cc1. The molecule has 1 atom stereocenters. The lowest BCUT2D eigenvalue weighted by Crippen LogP contribution is -2.49. The third kappa shape index (κ3) is 7.72. The molecular weight excluding hydrogens is 471 g/mol. The molecule has 0 unspecified atom stereocenters. The number of ether oxygens (including phenoxy) is 2. The van der Waals surface area contributed by atoms with Gasteiger partial charge in [0.1, 0.15) is 23.4 Å². The summed E-state index contributed by atoms with van der Waals surface area (Å²) in [6, 6.07) is 19.5. The maximum absolute atomic E-state index is 13.4. The highest BCUT2D eigenvalue weighted by atomic mass is 35.5. The summed E-state index contributed by atoms with van der Waals surface area (Å²) in [7, 11) is 1.61. The van der Waals surface area contributed by atoms with Gasteiger partial charge >= 0.3 is 0 Å². The van der Waals surface area contributed by atoms with Crippen LogP contribution >= 0.6 is 11.6 Å². The van der Waals surface area contributed by atoms with Crippen molar-refractivity contribution >= 4 is 23.4 Å². The Bertz CT molecular complexity index is 1120. The molecule has 0 saturated carbocycles. The standard InChI is InChI=1S/C27H28ClFN2O4/c1-19(27(33)30-16-15-20-9-13-23(34-2)14-10-20)31(17-21-7-11-22(29)12-8-21)26(32)18-35-25-6-4-3-5-24(25)28/h3-14,19H,15-18H2,1-2H3,(H,30,33)/t19-/m0/s1. The van der Waals surface area contributed by atoms with E-state index < -0.39 is 11.9 Å². The molecule has 0 aliphatic carbocycles. The molecule has 8 heteroatoms. The smallest absolute Gasteiger partial charge is 0.261 e. The van der Waals surface area contributed by atoms with Crippen molar-refractivity contribution in [1.29, 1.82) is 0 Å². The van der Waals surface area contributed by atoms with E-state index in [-0.39, 0.29) is 24.9 Å². The minimum atomic E-state index is -0.779. The molecule has 3 aromatic carbocycles. The van der Waals surface area contributed by atoms with Gasteiger partial charge in [0.2, 0.25) is 5.91 Å². The number of amides is 2. The van der Waals surface area contributed by atoms with Crippen LogP contribution < -0.4 is 14.8 Å². The van der Waals surface area contributed by atoms with Gasteiger partial charge < -0.3 is 19.7 Å². The van der Waals surface area contributed by atoms with Crippen LogP contribution in [0.25, 0.3) is 0 Å². The number of methoxy groups -OCH3 is 1. The number of benzene rings is 3. The van der Waals surface area contributed by atoms with Crippen molar-refractivity contribution in [2.75, 3.05) is 20.3 Å². The summed E-state index contributed by atoms with van der Waals surface area (Å²) in [5.41, 5.74) is 1.74. The molecule has 0 bridgehead atoms. The Kier molecular flexibility index (Phi) is 9.49. The third-order valence-electron chi connectivity index (χ3n) is 5.49. The summed E-state index contributed by atoms with van der Waals surface area (Å²) < 4.78 is 24.1. The zero-order chi connectivity index (χ0) is 25.2. The average Bonchev–Trinajstić information content (AvgIpc) is 2.87. The maximum atomic E-state index is 13.4. The number of carbonyl (C=O) groups excluding carboxylic acids is 2. The van der Waals surface area contributed by atoms with Crippen LogP contribution in [0.15, 0.2) is 72.8 Å². The molecular formula is C27H28ClFN2O4. The van der Waals surface area contributed by atoms with E-state index in [0.29, 0.717) is 29.3 Å². The molecule has 0 aliphatic rings. The predicted molar refractivity (Wildman–Crippen MR) is 133 cm³/mol. The number of nitrogens with one attached hydrogen (secondary N) is 1. The Balaban J connectivity index is 1.64. The molecule has 0 aromatic heterocycles. The van der Waals surface area contributed by atoms with E-state index in [4.69, 9.17) is 21.1 Å². The van der Waals surface area contributed by atoms with Gasteiger partial charge in [-0.2, -0.15) is 0 Å². The minimum absolute atomic E-state index is 0.123. The zero-order valence-corrected chi connectivity index (χ0v) is 20.4. The van der Waals surface area contributed by atoms with E-state index in [1.165, 1.54) is 17.0 Å². The van der Waals surface area contributed by atoms with Crippen LogP contribution in [-0.2, 0) is 22.6 Å². The minimum Gasteiger partial charge on any atom is -0.497 e. The lowest BCUT2D eigenvalue weighted by Gasteiger charge is -2.29. The second-order valence-corrected chi connectivity index (χ2v) is 8.34. The van der Waals surface area contributed by atoms with Crippen molar-refractivity contribution in [2.24, 2.45) is 0 Å². The number of rotatable bonds is 11. The van der Waals surface area contributed by atoms with Crippen LogP contribution in [0.3, 0.4) is 0 Å². The normalized spacial score (nSPS) is 11.4. The second kappa shape index (κ2) is 12.8. The van der Waals surface area contributed by atoms with Crippen molar-refractivity contribution in [3.63, 3.8) is 0 Å². The first kappa shape index (κ1) is 26.0. The number of para-hydroxylation sites is 1. The Morgan fingerprint density at radius 1 is 1.00 bits per heavy atom. The van der Waals surface area contributed by atoms with E-state index in [2.05, 4.69) is 5.32 Å². The first-order chi connectivity index (χ1) is 16.9. The number of hydrogen-bond acceptors (Lipinski definition) is 4. The Labute approximate surface area is 209 Å². The Morgan fingerprint density at radius 3 is 2.31 bits per heavy atom. The van der Waals surface area contributed by atoms with Crippen molar-refractivity contribution < 1.29 is 23.5 Å². The van der Waals surface area contributed by atoms with Gasteiger partial charge in [0.25, 0.3) is 5.91 Å². The molecule has 6 nitrogen and oxygen atoms in total. The van der Waals surface area contributed by atoms with Gasteiger partial charge in [0.05, 0.1) is 12.1 Å². The summed E-state index contributed by atoms with van der Waals surface area (Å²) in [6.07, 6.45) is 0.629. The number of carbonyl (C=O) groups is 2. The van der Waals surface area contributed by atoms with Gasteiger partial charge in [0.15, 0.2) is 6.61 Å². The number of halogens is 2. The summed E-state index contributed by atoms with van der Waals surface area (Å²) in [5.74, 6) is 0.0676. The molecule has 0 saturated heterocycles. The van der Waals surface area contributed by atoms with Crippen molar-refractivity contribution in [2.45, 2.75) is 25.9 Å². The van der Waals surface area contributed by atoms with E-state index in [1.807, 2.05) is 24.3 Å². The fourth-order valence-corrected chi connectivity index (χ4v) is 3.61. The highest BCUT2D eigenvalue weighted by molar-refractivity contribution is 6.32. The highest BCUT2D eigenvalue weighted by Gasteiger charge is 2.26. The largest absolute Gasteiger partial charge is 0.497 e. The third-order valence-corrected chi connectivity index (χ3v) is 5.81. The molecule has 1 N–H and O–H groups in total. The van der Waals surface area contributed by atoms with Crippen molar-refractivity contribution in [3.8, 4) is 11.5 Å². The highest BCUT2D eigenvalue weighted by Crippen LogP contribution is 2.23. The molecule has 0 fully saturated rings. The first-order valence-corrected chi connectivity index (χ1v) is 11.6. The first-order valence-electron chi connectivity index (χ1n) is 11.2. The van der Waals surface area contributed by atoms with E-state index in [9.17, 15) is 14.0 Å². The summed E-state index contributed by atoms with van der Waals surface area (Å²) in [4.78, 5) is 27.4. The van der Waals surface area contributed by atoms with Gasteiger partial charge in [-0.15, -0.1) is 0 Å². The monoisotopic (exact) mass is 498 g/mol. The topological polar surface area (TPSA) is 67.9 Å². The van der Waals surface area contributed by atoms with Crippen LogP contribution in [0.4, 0.5) is 4.39 Å². The van der Waals surface area contributed by atoms with Crippen LogP contribution in [-0.4, -0.2) is 43.0 Å². The Hall–Kier alpha value is -3.58. The quantitative estimate of drug-likeness (QED) is 0.418. The molecule has 0 radical (unpaired) electrons. The van der Waals surface area contributed by atoms with E-state index >= 15 is 0 Å². The lowest BCUT2D eigenvalue weighted by atomic mass is 10.1. The van der Waals surface area contributed by atoms with Gasteiger partial charge in [-0.3, -0.25) is 9.59 Å². The summed E-state index contributed by atoms with van der Waals surface area (Å²) in [5, 5.41) is 3.27. The Morgan fingerprint density at radius 2 is 1.66 bits per heavy atom. The van der Waals surface area contributed by atoms with Gasteiger partial charge in [0, 0.05) is 13.1 Å². The molecule has 0 aliphatic heterocycles. The number of hydrogen-bond donors (Lipinski definition) is 1. The average molecular weight is 499 g/mol. The molecule has 0 heterocycles. The van der Waals surface area contributed by atoms with Crippen LogP contribution in [0, 0.1) is 5.82 Å². The summed E-state index contributed by atoms with van der Waals surface area (Å²) in [6.45, 7) is 1.89. The lowest BCUT2D eigenvalue weighted by molar-refractivity contribution is -0.142. The van der Waals surface area contributed by atoms with Crippen molar-refractivity contribution in [3.05, 3.63) is 94.8 Å². The van der Waals surface area contributed by atoms with Gasteiger partial charge in [-0.05, 0) is 60.9 Å². The van der Waals surface area contributed by atoms with Gasteiger partial charge in [-0.1, -0.05) is 48.0 Å². The maximum Gasteiger partial charge on any atom is 0.261 e. The van der Waals surface area contributed by atoms with E-state index in [0.717, 1.165) is 11.3 Å². The second-order valence-electron chi connectivity index (χ2n) is 7.93. The molecule has 2 amide bonds. The molecule has 184 valence electrons. The molecule has 0 spiro atoms. The zero-order valence-electron chi connectivity index (χ0n) is 19.7. The van der Waals surface area contributed by atoms with Crippen molar-refractivity contribution in [1.82, 2.24) is 10.2 Å². The van der Waals surface area contributed by atoms with Gasteiger partial charge in [-0.25, -0.2) is 4.39 Å². The summed E-state index contributed by atoms with van der Waals surface area (Å²) >= 11 is 6.11. The fraction of sp³-hybridized carbons (Fsp3) is 0.259. The van der Waals surface area contributed by atoms with Crippen LogP contribution in [0.2, 0.25) is 5.02 Å². The van der Waals surface area contributed by atoms with Crippen LogP contribution in [0.1, 0.15) is 18.1 Å².